The molecule has 1 rings (SSSR count). The lowest BCUT2D eigenvalue weighted by Gasteiger charge is -2.17. The summed E-state index contributed by atoms with van der Waals surface area (Å²) in [5.74, 6) is -0.751. The predicted molar refractivity (Wildman–Crippen MR) is 66.0 cm³/mol. The Labute approximate surface area is 109 Å². The summed E-state index contributed by atoms with van der Waals surface area (Å²) in [4.78, 5) is 11.9. The summed E-state index contributed by atoms with van der Waals surface area (Å²) in [5, 5.41) is 1.38. The Hall–Kier alpha value is -1.72. The van der Waals surface area contributed by atoms with Crippen molar-refractivity contribution in [2.45, 2.75) is 39.6 Å². The van der Waals surface area contributed by atoms with Crippen LogP contribution in [0.15, 0.2) is 18.2 Å². The van der Waals surface area contributed by atoms with Gasteiger partial charge in [-0.1, -0.05) is 19.1 Å². The molecule has 0 saturated carbocycles. The van der Waals surface area contributed by atoms with Crippen LogP contribution in [0.3, 0.4) is 0 Å². The lowest BCUT2D eigenvalue weighted by Crippen LogP contribution is -2.24. The summed E-state index contributed by atoms with van der Waals surface area (Å²) in [5.41, 5.74) is 0.174. The largest absolute Gasteiger partial charge is 0.482 e. The highest BCUT2D eigenvalue weighted by Gasteiger charge is 2.30. The van der Waals surface area contributed by atoms with E-state index in [1.54, 1.807) is 26.8 Å². The molecule has 0 radical (unpaired) electrons. The second-order valence-corrected chi connectivity index (χ2v) is 4.27. The van der Waals surface area contributed by atoms with Crippen molar-refractivity contribution >= 4 is 11.7 Å². The van der Waals surface area contributed by atoms with Gasteiger partial charge in [-0.3, -0.25) is 5.32 Å². The first-order chi connectivity index (χ1) is 8.74. The molecule has 0 spiro atoms. The molecule has 0 heterocycles. The molecule has 106 valence electrons. The molecular weight excluding hydrogens is 259 g/mol. The lowest BCUT2D eigenvalue weighted by molar-refractivity contribution is -0.0999. The number of carbonyl (C=O) groups excluding carboxylic acids is 1. The molecule has 0 unspecified atom stereocenters. The van der Waals surface area contributed by atoms with E-state index in [0.717, 1.165) is 0 Å². The second-order valence-electron chi connectivity index (χ2n) is 4.27. The van der Waals surface area contributed by atoms with Crippen LogP contribution >= 0.6 is 0 Å². The Morgan fingerprint density at radius 3 is 2.47 bits per heavy atom. The van der Waals surface area contributed by atoms with E-state index < -0.39 is 18.4 Å². The molecule has 1 aromatic rings. The highest BCUT2D eigenvalue weighted by Crippen LogP contribution is 2.27. The number of benzene rings is 1. The van der Waals surface area contributed by atoms with Gasteiger partial charge in [0.05, 0.1) is 17.4 Å². The first-order valence-electron chi connectivity index (χ1n) is 5.92. The summed E-state index contributed by atoms with van der Waals surface area (Å²) in [6, 6.07) is 4.29. The van der Waals surface area contributed by atoms with Crippen LogP contribution < -0.4 is 5.32 Å². The van der Waals surface area contributed by atoms with Gasteiger partial charge in [-0.25, -0.2) is 4.79 Å². The molecule has 0 aliphatic rings. The monoisotopic (exact) mass is 275 g/mol. The number of nitrogens with one attached hydrogen (secondary N) is 1. The van der Waals surface area contributed by atoms with Gasteiger partial charge in [-0.15, -0.1) is 0 Å². The summed E-state index contributed by atoms with van der Waals surface area (Å²) < 4.78 is 42.2. The van der Waals surface area contributed by atoms with E-state index in [0.29, 0.717) is 12.0 Å². The maximum Gasteiger partial charge on any atom is 0.482 e. The maximum absolute atomic E-state index is 12.4. The zero-order valence-electron chi connectivity index (χ0n) is 11.0. The predicted octanol–water partition coefficient (Wildman–Crippen LogP) is 3.75. The molecule has 3 nitrogen and oxygen atoms in total. The van der Waals surface area contributed by atoms with E-state index >= 15 is 0 Å². The van der Waals surface area contributed by atoms with Crippen LogP contribution in [-0.4, -0.2) is 18.4 Å². The van der Waals surface area contributed by atoms with Gasteiger partial charge in [0.15, 0.2) is 0 Å². The quantitative estimate of drug-likeness (QED) is 0.672. The molecular formula is C13H16F3NO2. The zero-order chi connectivity index (χ0) is 14.6. The number of rotatable bonds is 4. The topological polar surface area (TPSA) is 38.3 Å². The van der Waals surface area contributed by atoms with Gasteiger partial charge in [0.25, 0.3) is 0 Å². The number of halogens is 3. The molecule has 0 atom stereocenters. The first kappa shape index (κ1) is 15.3. The molecule has 0 aliphatic heterocycles. The van der Waals surface area contributed by atoms with E-state index in [1.165, 1.54) is 17.4 Å². The number of anilines is 1. The van der Waals surface area contributed by atoms with Crippen LogP contribution in [0.2, 0.25) is 0 Å². The van der Waals surface area contributed by atoms with Crippen LogP contribution in [0.4, 0.5) is 18.9 Å². The van der Waals surface area contributed by atoms with Crippen molar-refractivity contribution in [2.24, 2.45) is 0 Å². The Morgan fingerprint density at radius 1 is 1.37 bits per heavy atom. The Bertz CT molecular complexity index is 456. The minimum atomic E-state index is -4.60. The maximum atomic E-state index is 12.4. The number of alkyl halides is 3. The molecule has 19 heavy (non-hydrogen) atoms. The smallest absolute Gasteiger partial charge is 0.459 e. The van der Waals surface area contributed by atoms with Gasteiger partial charge in [0, 0.05) is 0 Å². The minimum absolute atomic E-state index is 0.0592. The molecule has 0 bridgehead atoms. The van der Waals surface area contributed by atoms with Crippen molar-refractivity contribution in [3.05, 3.63) is 29.3 Å². The van der Waals surface area contributed by atoms with E-state index in [1.807, 2.05) is 0 Å². The van der Waals surface area contributed by atoms with Crippen molar-refractivity contribution in [2.75, 3.05) is 5.32 Å². The van der Waals surface area contributed by atoms with Gasteiger partial charge in [0.1, 0.15) is 0 Å². The zero-order valence-corrected chi connectivity index (χ0v) is 11.0. The molecule has 6 heteroatoms. The molecule has 0 aromatic heterocycles. The Kier molecular flexibility index (Phi) is 4.80. The van der Waals surface area contributed by atoms with Crippen molar-refractivity contribution in [3.8, 4) is 0 Å². The number of esters is 1. The van der Waals surface area contributed by atoms with Crippen molar-refractivity contribution in [1.82, 2.24) is 0 Å². The normalized spacial score (nSPS) is 11.5. The molecule has 0 aliphatic carbocycles. The van der Waals surface area contributed by atoms with E-state index in [2.05, 4.69) is 0 Å². The van der Waals surface area contributed by atoms with Gasteiger partial charge in [-0.05, 0) is 31.9 Å². The van der Waals surface area contributed by atoms with Crippen LogP contribution in [0, 0.1) is 0 Å². The third-order valence-corrected chi connectivity index (χ3v) is 2.35. The highest BCUT2D eigenvalue weighted by atomic mass is 19.4. The van der Waals surface area contributed by atoms with Crippen LogP contribution in [0.25, 0.3) is 0 Å². The molecule has 0 amide bonds. The standard InChI is InChI=1S/C13H16F3NO2/c1-4-9-6-5-7-10(17-13(14,15)16)11(9)12(18)19-8(2)3/h5-8,17H,4H2,1-3H3. The summed E-state index contributed by atoms with van der Waals surface area (Å²) in [6.07, 6.45) is -4.55. The fourth-order valence-corrected chi connectivity index (χ4v) is 1.67. The number of carbonyl (C=O) groups is 1. The van der Waals surface area contributed by atoms with Gasteiger partial charge < -0.3 is 4.74 Å². The SMILES string of the molecule is CCc1cccc(NC(F)(F)F)c1C(=O)OC(C)C. The second kappa shape index (κ2) is 5.95. The van der Waals surface area contributed by atoms with Crippen molar-refractivity contribution < 1.29 is 22.7 Å². The Morgan fingerprint density at radius 2 is 2.00 bits per heavy atom. The van der Waals surface area contributed by atoms with Crippen molar-refractivity contribution in [3.63, 3.8) is 0 Å². The van der Waals surface area contributed by atoms with Gasteiger partial charge >= 0.3 is 12.3 Å². The third-order valence-electron chi connectivity index (χ3n) is 2.35. The molecule has 0 saturated heterocycles. The number of hydrogen-bond acceptors (Lipinski definition) is 3. The fourth-order valence-electron chi connectivity index (χ4n) is 1.67. The summed E-state index contributed by atoms with van der Waals surface area (Å²) in [7, 11) is 0. The molecule has 1 aromatic carbocycles. The van der Waals surface area contributed by atoms with Gasteiger partial charge in [-0.2, -0.15) is 13.2 Å². The number of hydrogen-bond donors (Lipinski definition) is 1. The van der Waals surface area contributed by atoms with Crippen LogP contribution in [-0.2, 0) is 11.2 Å². The Balaban J connectivity index is 3.20. The first-order valence-corrected chi connectivity index (χ1v) is 5.92. The molecule has 1 N–H and O–H groups in total. The number of ether oxygens (including phenoxy) is 1. The van der Waals surface area contributed by atoms with Crippen LogP contribution in [0.1, 0.15) is 36.7 Å². The lowest BCUT2D eigenvalue weighted by atomic mass is 10.0. The average molecular weight is 275 g/mol. The van der Waals surface area contributed by atoms with E-state index in [9.17, 15) is 18.0 Å². The van der Waals surface area contributed by atoms with Crippen LogP contribution in [0.5, 0.6) is 0 Å². The van der Waals surface area contributed by atoms with E-state index in [-0.39, 0.29) is 11.3 Å². The van der Waals surface area contributed by atoms with E-state index in [4.69, 9.17) is 4.74 Å². The average Bonchev–Trinajstić information content (AvgIpc) is 2.25. The summed E-state index contributed by atoms with van der Waals surface area (Å²) in [6.45, 7) is 5.05. The third kappa shape index (κ3) is 4.46. The van der Waals surface area contributed by atoms with Crippen molar-refractivity contribution in [1.29, 1.82) is 0 Å². The minimum Gasteiger partial charge on any atom is -0.459 e. The van der Waals surface area contributed by atoms with Gasteiger partial charge in [0.2, 0.25) is 0 Å². The number of aryl methyl sites for hydroxylation is 1. The summed E-state index contributed by atoms with van der Waals surface area (Å²) >= 11 is 0. The highest BCUT2D eigenvalue weighted by molar-refractivity contribution is 5.97. The molecule has 0 fully saturated rings. The fraction of sp³-hybridized carbons (Fsp3) is 0.462.